The molecule has 1 atom stereocenters. The number of nitrogens with one attached hydrogen (secondary N) is 1. The Hall–Kier alpha value is -0.200. The molecule has 0 saturated carbocycles. The molecule has 1 unspecified atom stereocenters. The molecule has 0 heterocycles. The van der Waals surface area contributed by atoms with Crippen LogP contribution in [0.2, 0.25) is 0 Å². The fraction of sp³-hybridized carbons (Fsp3) is 0.929. The minimum absolute atomic E-state index is 0.0494. The summed E-state index contributed by atoms with van der Waals surface area (Å²) in [6, 6.07) is 0. The summed E-state index contributed by atoms with van der Waals surface area (Å²) >= 11 is 4.34. The second kappa shape index (κ2) is 12.5. The van der Waals surface area contributed by atoms with E-state index in [4.69, 9.17) is 4.55 Å². The fourth-order valence-electron chi connectivity index (χ4n) is 2.00. The first kappa shape index (κ1) is 19.8. The van der Waals surface area contributed by atoms with Gasteiger partial charge in [-0.05, 0) is 6.42 Å². The van der Waals surface area contributed by atoms with Crippen molar-refractivity contribution in [3.63, 3.8) is 0 Å². The van der Waals surface area contributed by atoms with Crippen LogP contribution in [0.5, 0.6) is 0 Å². The third-order valence-corrected chi connectivity index (χ3v) is 4.41. The lowest BCUT2D eigenvalue weighted by molar-refractivity contribution is -0.121. The topological polar surface area (TPSA) is 66.4 Å². The molecule has 0 aliphatic heterocycles. The number of rotatable bonds is 13. The quantitative estimate of drug-likeness (QED) is 0.511. The van der Waals surface area contributed by atoms with Crippen molar-refractivity contribution in [3.8, 4) is 0 Å². The van der Waals surface area contributed by atoms with Gasteiger partial charge in [-0.25, -0.2) is 4.21 Å². The first-order valence-electron chi connectivity index (χ1n) is 7.67. The minimum atomic E-state index is -3.14. The number of carbonyl (C=O) groups excluding carboxylic acids is 1. The molecule has 20 heavy (non-hydrogen) atoms. The summed E-state index contributed by atoms with van der Waals surface area (Å²) in [7, 11) is -3.14. The summed E-state index contributed by atoms with van der Waals surface area (Å²) in [4.78, 5) is 11.4. The van der Waals surface area contributed by atoms with E-state index in [1.807, 2.05) is 0 Å². The highest BCUT2D eigenvalue weighted by molar-refractivity contribution is 8.29. The van der Waals surface area contributed by atoms with Crippen LogP contribution in [0.1, 0.15) is 71.1 Å². The molecule has 0 saturated heterocycles. The van der Waals surface area contributed by atoms with Crippen LogP contribution < -0.4 is 5.32 Å². The van der Waals surface area contributed by atoms with E-state index in [1.165, 1.54) is 44.9 Å². The number of amides is 1. The Labute approximate surface area is 128 Å². The maximum atomic E-state index is 11.4. The average molecular weight is 324 g/mol. The highest BCUT2D eigenvalue weighted by atomic mass is 32.8. The Morgan fingerprint density at radius 1 is 1.05 bits per heavy atom. The highest BCUT2D eigenvalue weighted by Gasteiger charge is 2.03. The van der Waals surface area contributed by atoms with Crippen LogP contribution >= 0.6 is 0 Å². The largest absolute Gasteiger partial charge is 0.355 e. The van der Waals surface area contributed by atoms with Gasteiger partial charge in [0.25, 0.3) is 0 Å². The molecular weight excluding hydrogens is 294 g/mol. The van der Waals surface area contributed by atoms with Crippen molar-refractivity contribution in [1.29, 1.82) is 0 Å². The van der Waals surface area contributed by atoms with Crippen molar-refractivity contribution in [2.75, 3.05) is 12.3 Å². The predicted molar refractivity (Wildman–Crippen MR) is 87.9 cm³/mol. The summed E-state index contributed by atoms with van der Waals surface area (Å²) < 4.78 is 19.7. The molecule has 2 N–H and O–H groups in total. The summed E-state index contributed by atoms with van der Waals surface area (Å²) in [5.41, 5.74) is 0. The Bertz CT molecular complexity index is 342. The summed E-state index contributed by atoms with van der Waals surface area (Å²) in [5.74, 6) is -0.0992. The van der Waals surface area contributed by atoms with Crippen molar-refractivity contribution in [3.05, 3.63) is 0 Å². The molecule has 1 amide bonds. The van der Waals surface area contributed by atoms with Crippen molar-refractivity contribution < 1.29 is 13.6 Å². The van der Waals surface area contributed by atoms with E-state index in [2.05, 4.69) is 23.4 Å². The van der Waals surface area contributed by atoms with Gasteiger partial charge in [-0.1, -0.05) is 58.3 Å². The van der Waals surface area contributed by atoms with Crippen LogP contribution in [0.3, 0.4) is 0 Å². The van der Waals surface area contributed by atoms with Crippen LogP contribution in [0.15, 0.2) is 0 Å². The molecule has 0 aromatic heterocycles. The van der Waals surface area contributed by atoms with Crippen molar-refractivity contribution in [2.24, 2.45) is 0 Å². The third-order valence-electron chi connectivity index (χ3n) is 3.19. The van der Waals surface area contributed by atoms with Gasteiger partial charge in [0.2, 0.25) is 5.91 Å². The zero-order chi connectivity index (χ0) is 15.3. The molecule has 0 aliphatic rings. The van der Waals surface area contributed by atoms with Crippen LogP contribution in [0, 0.1) is 0 Å². The van der Waals surface area contributed by atoms with Gasteiger partial charge in [0.05, 0.1) is 5.75 Å². The molecule has 0 aromatic rings. The zero-order valence-electron chi connectivity index (χ0n) is 12.6. The predicted octanol–water partition coefficient (Wildman–Crippen LogP) is 3.24. The van der Waals surface area contributed by atoms with E-state index in [0.29, 0.717) is 6.42 Å². The first-order valence-corrected chi connectivity index (χ1v) is 10.3. The van der Waals surface area contributed by atoms with E-state index in [0.717, 1.165) is 12.8 Å². The fourth-order valence-corrected chi connectivity index (χ4v) is 2.61. The van der Waals surface area contributed by atoms with Crippen LogP contribution in [0.4, 0.5) is 0 Å². The van der Waals surface area contributed by atoms with Gasteiger partial charge in [0.1, 0.15) is 8.77 Å². The molecule has 0 rings (SSSR count). The third kappa shape index (κ3) is 15.9. The lowest BCUT2D eigenvalue weighted by Crippen LogP contribution is -2.28. The number of hydrogen-bond acceptors (Lipinski definition) is 3. The van der Waals surface area contributed by atoms with E-state index >= 15 is 0 Å². The molecule has 0 aliphatic carbocycles. The lowest BCUT2D eigenvalue weighted by atomic mass is 10.1. The van der Waals surface area contributed by atoms with Crippen molar-refractivity contribution in [2.45, 2.75) is 71.1 Å². The number of unbranched alkanes of at least 4 members (excludes halogenated alkanes) is 8. The summed E-state index contributed by atoms with van der Waals surface area (Å²) in [6.07, 6.45) is 11.5. The van der Waals surface area contributed by atoms with Gasteiger partial charge in [0, 0.05) is 24.2 Å². The van der Waals surface area contributed by atoms with Gasteiger partial charge >= 0.3 is 0 Å². The van der Waals surface area contributed by atoms with Gasteiger partial charge in [-0.3, -0.25) is 4.79 Å². The molecule has 6 heteroatoms. The smallest absolute Gasteiger partial charge is 0.220 e. The monoisotopic (exact) mass is 323 g/mol. The summed E-state index contributed by atoms with van der Waals surface area (Å²) in [6.45, 7) is 2.41. The Balaban J connectivity index is 3.27. The maximum absolute atomic E-state index is 11.4. The minimum Gasteiger partial charge on any atom is -0.355 e. The molecule has 0 aromatic carbocycles. The summed E-state index contributed by atoms with van der Waals surface area (Å²) in [5, 5.41) is 2.62. The average Bonchev–Trinajstić information content (AvgIpc) is 2.35. The molecule has 0 fully saturated rings. The van der Waals surface area contributed by atoms with Gasteiger partial charge < -0.3 is 9.87 Å². The first-order chi connectivity index (χ1) is 9.45. The highest BCUT2D eigenvalue weighted by Crippen LogP contribution is 2.10. The molecule has 0 bridgehead atoms. The van der Waals surface area contributed by atoms with Crippen molar-refractivity contribution in [1.82, 2.24) is 5.32 Å². The molecular formula is C14H29NO3S2. The Morgan fingerprint density at radius 2 is 1.55 bits per heavy atom. The van der Waals surface area contributed by atoms with E-state index in [9.17, 15) is 9.00 Å². The van der Waals surface area contributed by atoms with Crippen molar-refractivity contribution >= 4 is 25.9 Å². The molecule has 120 valence electrons. The number of hydrogen-bond donors (Lipinski definition) is 2. The van der Waals surface area contributed by atoms with Crippen LogP contribution in [-0.2, 0) is 24.8 Å². The number of carbonyl (C=O) groups is 1. The van der Waals surface area contributed by atoms with Gasteiger partial charge in [0.15, 0.2) is 0 Å². The van der Waals surface area contributed by atoms with E-state index < -0.39 is 8.77 Å². The second-order valence-corrected chi connectivity index (χ2v) is 8.35. The normalized spacial score (nSPS) is 13.9. The lowest BCUT2D eigenvalue weighted by Gasteiger charge is -2.05. The molecule has 0 spiro atoms. The van der Waals surface area contributed by atoms with Gasteiger partial charge in [-0.2, -0.15) is 0 Å². The Kier molecular flexibility index (Phi) is 12.4. The molecule has 0 radical (unpaired) electrons. The molecule has 4 nitrogen and oxygen atoms in total. The van der Waals surface area contributed by atoms with E-state index in [-0.39, 0.29) is 18.2 Å². The second-order valence-electron chi connectivity index (χ2n) is 5.21. The van der Waals surface area contributed by atoms with E-state index in [1.54, 1.807) is 0 Å². The standard InChI is InChI=1S/C14H29NO3S2/c1-2-3-4-5-6-7-8-9-10-11-14(16)15-12-13-20(17,18)19/h2-13H2,1H3,(H,15,16)(H,17,18,19). The maximum Gasteiger partial charge on any atom is 0.220 e. The van der Waals surface area contributed by atoms with Crippen LogP contribution in [-0.4, -0.2) is 27.0 Å². The van der Waals surface area contributed by atoms with Gasteiger partial charge in [-0.15, -0.1) is 0 Å². The zero-order valence-corrected chi connectivity index (χ0v) is 14.2. The van der Waals surface area contributed by atoms with Crippen LogP contribution in [0.25, 0.3) is 0 Å². The SMILES string of the molecule is CCCCCCCCCCCC(=O)NCCS(=O)(O)=S. The Morgan fingerprint density at radius 3 is 2.05 bits per heavy atom.